The highest BCUT2D eigenvalue weighted by Gasteiger charge is 2.07. The average Bonchev–Trinajstić information content (AvgIpc) is 2.66. The molecule has 0 fully saturated rings. The van der Waals surface area contributed by atoms with Crippen LogP contribution in [-0.4, -0.2) is 26.5 Å². The maximum Gasteiger partial charge on any atom is 0.148 e. The van der Waals surface area contributed by atoms with Crippen molar-refractivity contribution in [1.82, 2.24) is 20.0 Å². The van der Waals surface area contributed by atoms with Crippen molar-refractivity contribution in [3.63, 3.8) is 0 Å². The summed E-state index contributed by atoms with van der Waals surface area (Å²) in [5, 5.41) is 15.8. The molecule has 1 N–H and O–H groups in total. The van der Waals surface area contributed by atoms with E-state index in [0.29, 0.717) is 0 Å². The molecule has 0 spiro atoms. The van der Waals surface area contributed by atoms with Crippen molar-refractivity contribution >= 4 is 5.82 Å². The van der Waals surface area contributed by atoms with Gasteiger partial charge in [-0.1, -0.05) is 6.92 Å². The van der Waals surface area contributed by atoms with Crippen LogP contribution in [0.3, 0.4) is 0 Å². The summed E-state index contributed by atoms with van der Waals surface area (Å²) in [6.07, 6.45) is 3.03. The Balaban J connectivity index is 2.20. The van der Waals surface area contributed by atoms with Crippen molar-refractivity contribution in [1.29, 1.82) is 0 Å². The van der Waals surface area contributed by atoms with Crippen LogP contribution in [0.2, 0.25) is 0 Å². The van der Waals surface area contributed by atoms with Gasteiger partial charge >= 0.3 is 0 Å². The summed E-state index contributed by atoms with van der Waals surface area (Å²) in [4.78, 5) is 0. The molecule has 2 aromatic heterocycles. The van der Waals surface area contributed by atoms with Gasteiger partial charge in [-0.05, 0) is 25.5 Å². The van der Waals surface area contributed by atoms with E-state index in [9.17, 15) is 0 Å². The molecule has 5 nitrogen and oxygen atoms in total. The fourth-order valence-corrected chi connectivity index (χ4v) is 1.67. The first-order valence-corrected chi connectivity index (χ1v) is 5.79. The van der Waals surface area contributed by atoms with E-state index in [1.807, 2.05) is 32.3 Å². The molecule has 0 aromatic carbocycles. The maximum atomic E-state index is 4.29. The van der Waals surface area contributed by atoms with Crippen LogP contribution in [0.1, 0.15) is 19.0 Å². The molecular weight excluding hydrogens is 214 g/mol. The Kier molecular flexibility index (Phi) is 3.37. The number of anilines is 1. The van der Waals surface area contributed by atoms with E-state index in [0.717, 1.165) is 35.7 Å². The van der Waals surface area contributed by atoms with Crippen molar-refractivity contribution in [2.24, 2.45) is 7.05 Å². The molecule has 0 bridgehead atoms. The zero-order chi connectivity index (χ0) is 12.3. The lowest BCUT2D eigenvalue weighted by Crippen LogP contribution is -2.02. The molecule has 0 aliphatic carbocycles. The highest BCUT2D eigenvalue weighted by Crippen LogP contribution is 2.19. The minimum Gasteiger partial charge on any atom is -0.369 e. The fourth-order valence-electron chi connectivity index (χ4n) is 1.67. The summed E-state index contributed by atoms with van der Waals surface area (Å²) in [6.45, 7) is 5.01. The smallest absolute Gasteiger partial charge is 0.148 e. The van der Waals surface area contributed by atoms with E-state index >= 15 is 0 Å². The third-order valence-corrected chi connectivity index (χ3v) is 2.51. The van der Waals surface area contributed by atoms with E-state index in [2.05, 4.69) is 27.5 Å². The predicted octanol–water partition coefficient (Wildman–Crippen LogP) is 2.01. The molecule has 2 heterocycles. The van der Waals surface area contributed by atoms with Gasteiger partial charge < -0.3 is 5.32 Å². The van der Waals surface area contributed by atoms with Crippen LogP contribution in [0.15, 0.2) is 18.3 Å². The Hall–Kier alpha value is -1.91. The lowest BCUT2D eigenvalue weighted by atomic mass is 10.2. The van der Waals surface area contributed by atoms with E-state index < -0.39 is 0 Å². The molecule has 90 valence electrons. The number of nitrogens with zero attached hydrogens (tertiary/aromatic N) is 4. The number of hydrogen-bond acceptors (Lipinski definition) is 4. The number of aromatic nitrogens is 4. The molecule has 2 aromatic rings. The molecule has 0 radical (unpaired) electrons. The second kappa shape index (κ2) is 4.95. The van der Waals surface area contributed by atoms with Crippen molar-refractivity contribution in [2.45, 2.75) is 20.3 Å². The van der Waals surface area contributed by atoms with Gasteiger partial charge in [0.25, 0.3) is 0 Å². The predicted molar refractivity (Wildman–Crippen MR) is 67.8 cm³/mol. The van der Waals surface area contributed by atoms with E-state index in [1.54, 1.807) is 4.68 Å². The second-order valence-electron chi connectivity index (χ2n) is 4.03. The molecule has 0 amide bonds. The lowest BCUT2D eigenvalue weighted by Gasteiger charge is -2.03. The molecular formula is C12H17N5. The second-order valence-corrected chi connectivity index (χ2v) is 4.03. The van der Waals surface area contributed by atoms with Crippen LogP contribution in [0.4, 0.5) is 5.82 Å². The molecule has 17 heavy (non-hydrogen) atoms. The summed E-state index contributed by atoms with van der Waals surface area (Å²) in [6, 6.07) is 3.92. The highest BCUT2D eigenvalue weighted by atomic mass is 15.3. The SMILES string of the molecule is CCCNc1ccc(-c2cn(C)nc2C)nn1. The van der Waals surface area contributed by atoms with Crippen LogP contribution in [0.25, 0.3) is 11.3 Å². The van der Waals surface area contributed by atoms with Gasteiger partial charge in [0.05, 0.1) is 11.4 Å². The third kappa shape index (κ3) is 2.61. The van der Waals surface area contributed by atoms with Gasteiger partial charge in [0.2, 0.25) is 0 Å². The number of aryl methyl sites for hydroxylation is 2. The normalized spacial score (nSPS) is 10.5. The zero-order valence-electron chi connectivity index (χ0n) is 10.4. The van der Waals surface area contributed by atoms with Gasteiger partial charge in [-0.15, -0.1) is 10.2 Å². The van der Waals surface area contributed by atoms with E-state index in [1.165, 1.54) is 0 Å². The zero-order valence-corrected chi connectivity index (χ0v) is 10.4. The van der Waals surface area contributed by atoms with Crippen LogP contribution in [0.5, 0.6) is 0 Å². The topological polar surface area (TPSA) is 55.6 Å². The van der Waals surface area contributed by atoms with Crippen molar-refractivity contribution < 1.29 is 0 Å². The van der Waals surface area contributed by atoms with Crippen molar-refractivity contribution in [3.05, 3.63) is 24.0 Å². The standard InChI is InChI=1S/C12H17N5/c1-4-7-13-12-6-5-11(14-15-12)10-8-17(3)16-9(10)2/h5-6,8H,4,7H2,1-3H3,(H,13,15). The van der Waals surface area contributed by atoms with Gasteiger partial charge in [-0.3, -0.25) is 4.68 Å². The average molecular weight is 231 g/mol. The van der Waals surface area contributed by atoms with E-state index in [-0.39, 0.29) is 0 Å². The summed E-state index contributed by atoms with van der Waals surface area (Å²) in [5.41, 5.74) is 2.86. The summed E-state index contributed by atoms with van der Waals surface area (Å²) in [7, 11) is 1.90. The van der Waals surface area contributed by atoms with Crippen molar-refractivity contribution in [3.8, 4) is 11.3 Å². The van der Waals surface area contributed by atoms with Gasteiger partial charge in [-0.2, -0.15) is 5.10 Å². The molecule has 0 saturated carbocycles. The molecule has 0 atom stereocenters. The highest BCUT2D eigenvalue weighted by molar-refractivity contribution is 5.61. The molecule has 2 rings (SSSR count). The fraction of sp³-hybridized carbons (Fsp3) is 0.417. The Morgan fingerprint density at radius 1 is 1.29 bits per heavy atom. The molecule has 5 heteroatoms. The van der Waals surface area contributed by atoms with Crippen LogP contribution in [-0.2, 0) is 7.05 Å². The summed E-state index contributed by atoms with van der Waals surface area (Å²) < 4.78 is 1.79. The van der Waals surface area contributed by atoms with Crippen LogP contribution < -0.4 is 5.32 Å². The minimum atomic E-state index is 0.817. The minimum absolute atomic E-state index is 0.817. The first-order chi connectivity index (χ1) is 8.20. The first-order valence-electron chi connectivity index (χ1n) is 5.79. The Morgan fingerprint density at radius 3 is 2.65 bits per heavy atom. The molecule has 0 unspecified atom stereocenters. The Morgan fingerprint density at radius 2 is 2.12 bits per heavy atom. The summed E-state index contributed by atoms with van der Waals surface area (Å²) >= 11 is 0. The van der Waals surface area contributed by atoms with Gasteiger partial charge in [-0.25, -0.2) is 0 Å². The van der Waals surface area contributed by atoms with Crippen LogP contribution >= 0.6 is 0 Å². The van der Waals surface area contributed by atoms with Gasteiger partial charge in [0, 0.05) is 25.4 Å². The number of rotatable bonds is 4. The Bertz CT molecular complexity index is 486. The lowest BCUT2D eigenvalue weighted by molar-refractivity contribution is 0.756. The third-order valence-electron chi connectivity index (χ3n) is 2.51. The van der Waals surface area contributed by atoms with Gasteiger partial charge in [0.15, 0.2) is 0 Å². The van der Waals surface area contributed by atoms with Crippen LogP contribution in [0, 0.1) is 6.92 Å². The molecule has 0 aliphatic heterocycles. The van der Waals surface area contributed by atoms with Crippen molar-refractivity contribution in [2.75, 3.05) is 11.9 Å². The first kappa shape index (κ1) is 11.6. The molecule has 0 aliphatic rings. The van der Waals surface area contributed by atoms with Gasteiger partial charge in [0.1, 0.15) is 5.82 Å². The summed E-state index contributed by atoms with van der Waals surface area (Å²) in [5.74, 6) is 0.817. The number of hydrogen-bond donors (Lipinski definition) is 1. The number of nitrogens with one attached hydrogen (secondary N) is 1. The quantitative estimate of drug-likeness (QED) is 0.874. The monoisotopic (exact) mass is 231 g/mol. The molecule has 0 saturated heterocycles. The maximum absolute atomic E-state index is 4.29. The largest absolute Gasteiger partial charge is 0.369 e. The van der Waals surface area contributed by atoms with E-state index in [4.69, 9.17) is 0 Å². The Labute approximate surface area is 101 Å².